The highest BCUT2D eigenvalue weighted by Gasteiger charge is 2.27. The van der Waals surface area contributed by atoms with E-state index in [9.17, 15) is 4.79 Å². The van der Waals surface area contributed by atoms with Gasteiger partial charge < -0.3 is 11.1 Å². The highest BCUT2D eigenvalue weighted by Crippen LogP contribution is 2.20. The molecule has 1 heterocycles. The van der Waals surface area contributed by atoms with Crippen LogP contribution in [0.4, 0.5) is 0 Å². The van der Waals surface area contributed by atoms with Gasteiger partial charge >= 0.3 is 0 Å². The van der Waals surface area contributed by atoms with Crippen molar-refractivity contribution in [2.24, 2.45) is 5.73 Å². The number of hydrogen-bond acceptors (Lipinski definition) is 4. The Labute approximate surface area is 113 Å². The van der Waals surface area contributed by atoms with Gasteiger partial charge in [0.2, 0.25) is 0 Å². The van der Waals surface area contributed by atoms with E-state index in [1.54, 1.807) is 0 Å². The number of nitrogens with zero attached hydrogens (tertiary/aromatic N) is 1. The van der Waals surface area contributed by atoms with Crippen molar-refractivity contribution in [1.29, 1.82) is 0 Å². The number of aromatic nitrogens is 1. The van der Waals surface area contributed by atoms with Crippen molar-refractivity contribution in [3.8, 4) is 0 Å². The summed E-state index contributed by atoms with van der Waals surface area (Å²) in [5.74, 6) is 0.237. The molecule has 0 spiro atoms. The fraction of sp³-hybridized carbons (Fsp3) is 0.692. The molecular weight excluding hydrogens is 246 g/mol. The lowest BCUT2D eigenvalue weighted by Gasteiger charge is -2.31. The van der Waals surface area contributed by atoms with Crippen molar-refractivity contribution in [3.63, 3.8) is 0 Å². The third kappa shape index (κ3) is 3.29. The third-order valence-electron chi connectivity index (χ3n) is 3.37. The highest BCUT2D eigenvalue weighted by atomic mass is 32.1. The van der Waals surface area contributed by atoms with E-state index in [0.29, 0.717) is 18.2 Å². The minimum atomic E-state index is -0.307. The van der Waals surface area contributed by atoms with Gasteiger partial charge in [0.15, 0.2) is 0 Å². The van der Waals surface area contributed by atoms with Crippen LogP contribution >= 0.6 is 11.3 Å². The Kier molecular flexibility index (Phi) is 5.28. The van der Waals surface area contributed by atoms with Crippen LogP contribution in [-0.2, 0) is 0 Å². The number of thiazole rings is 1. The molecule has 0 bridgehead atoms. The Morgan fingerprint density at radius 3 is 2.50 bits per heavy atom. The van der Waals surface area contributed by atoms with Crippen LogP contribution in [0.3, 0.4) is 0 Å². The largest absolute Gasteiger partial charge is 0.344 e. The van der Waals surface area contributed by atoms with E-state index in [0.717, 1.165) is 17.8 Å². The van der Waals surface area contributed by atoms with Gasteiger partial charge in [-0.1, -0.05) is 27.7 Å². The first-order valence-corrected chi connectivity index (χ1v) is 7.34. The highest BCUT2D eigenvalue weighted by molar-refractivity contribution is 7.09. The second kappa shape index (κ2) is 6.29. The molecule has 0 saturated heterocycles. The number of rotatable bonds is 6. The van der Waals surface area contributed by atoms with Gasteiger partial charge in [0.1, 0.15) is 5.69 Å². The Balaban J connectivity index is 2.80. The van der Waals surface area contributed by atoms with Crippen molar-refractivity contribution in [1.82, 2.24) is 10.3 Å². The van der Waals surface area contributed by atoms with Crippen molar-refractivity contribution in [2.75, 3.05) is 6.54 Å². The number of hydrogen-bond donors (Lipinski definition) is 2. The van der Waals surface area contributed by atoms with Crippen molar-refractivity contribution < 1.29 is 4.79 Å². The molecule has 0 radical (unpaired) electrons. The maximum absolute atomic E-state index is 12.2. The summed E-state index contributed by atoms with van der Waals surface area (Å²) in [5.41, 5.74) is 5.97. The second-order valence-electron chi connectivity index (χ2n) is 4.87. The standard InChI is InChI=1S/C13H23N3OS/c1-5-13(6-2,8-14)16-11(17)10-7-18-12(15-10)9(3)4/h7,9H,5-6,8,14H2,1-4H3,(H,16,17). The van der Waals surface area contributed by atoms with Gasteiger partial charge in [-0.2, -0.15) is 0 Å². The molecule has 18 heavy (non-hydrogen) atoms. The minimum Gasteiger partial charge on any atom is -0.344 e. The summed E-state index contributed by atoms with van der Waals surface area (Å²) in [6.45, 7) is 8.67. The van der Waals surface area contributed by atoms with Gasteiger partial charge in [-0.25, -0.2) is 4.98 Å². The number of nitrogens with two attached hydrogens (primary N) is 1. The zero-order valence-corrected chi connectivity index (χ0v) is 12.4. The van der Waals surface area contributed by atoms with Crippen molar-refractivity contribution in [2.45, 2.75) is 52.0 Å². The summed E-state index contributed by atoms with van der Waals surface area (Å²) < 4.78 is 0. The number of carbonyl (C=O) groups excluding carboxylic acids is 1. The molecule has 1 aromatic rings. The Hall–Kier alpha value is -0.940. The molecule has 1 amide bonds. The quantitative estimate of drug-likeness (QED) is 0.834. The van der Waals surface area contributed by atoms with Gasteiger partial charge in [0, 0.05) is 17.8 Å². The molecule has 4 nitrogen and oxygen atoms in total. The summed E-state index contributed by atoms with van der Waals surface area (Å²) in [6.07, 6.45) is 1.65. The number of amides is 1. The molecule has 0 aromatic carbocycles. The van der Waals surface area contributed by atoms with Crippen LogP contribution < -0.4 is 11.1 Å². The minimum absolute atomic E-state index is 0.118. The number of carbonyl (C=O) groups is 1. The van der Waals surface area contributed by atoms with Gasteiger partial charge in [0.05, 0.1) is 10.5 Å². The molecular formula is C13H23N3OS. The Bertz CT molecular complexity index is 388. The summed E-state index contributed by atoms with van der Waals surface area (Å²) >= 11 is 1.53. The normalized spacial score (nSPS) is 11.9. The van der Waals surface area contributed by atoms with E-state index in [4.69, 9.17) is 5.73 Å². The van der Waals surface area contributed by atoms with Crippen LogP contribution in [0.2, 0.25) is 0 Å². The predicted molar refractivity (Wildman–Crippen MR) is 76.0 cm³/mol. The molecule has 0 unspecified atom stereocenters. The SMILES string of the molecule is CCC(CC)(CN)NC(=O)c1csc(C(C)C)n1. The summed E-state index contributed by atoms with van der Waals surface area (Å²) in [7, 11) is 0. The fourth-order valence-corrected chi connectivity index (χ4v) is 2.54. The van der Waals surface area contributed by atoms with E-state index < -0.39 is 0 Å². The van der Waals surface area contributed by atoms with Crippen molar-refractivity contribution >= 4 is 17.2 Å². The third-order valence-corrected chi connectivity index (χ3v) is 4.52. The number of nitrogens with one attached hydrogen (secondary N) is 1. The van der Waals surface area contributed by atoms with Gasteiger partial charge in [-0.3, -0.25) is 4.79 Å². The van der Waals surface area contributed by atoms with E-state index >= 15 is 0 Å². The van der Waals surface area contributed by atoms with Crippen molar-refractivity contribution in [3.05, 3.63) is 16.1 Å². The first-order chi connectivity index (χ1) is 8.48. The zero-order valence-electron chi connectivity index (χ0n) is 11.6. The topological polar surface area (TPSA) is 68.0 Å². The first kappa shape index (κ1) is 15.1. The average Bonchev–Trinajstić information content (AvgIpc) is 2.86. The molecule has 1 rings (SSSR count). The predicted octanol–water partition coefficient (Wildman–Crippen LogP) is 2.51. The molecule has 0 saturated carbocycles. The molecule has 0 fully saturated rings. The smallest absolute Gasteiger partial charge is 0.271 e. The summed E-state index contributed by atoms with van der Waals surface area (Å²) in [6, 6.07) is 0. The lowest BCUT2D eigenvalue weighted by molar-refractivity contribution is 0.0890. The maximum atomic E-state index is 12.2. The lowest BCUT2D eigenvalue weighted by atomic mass is 9.93. The van der Waals surface area contributed by atoms with Gasteiger partial charge in [-0.05, 0) is 12.8 Å². The monoisotopic (exact) mass is 269 g/mol. The van der Waals surface area contributed by atoms with Crippen LogP contribution in [0.1, 0.15) is 62.0 Å². The van der Waals surface area contributed by atoms with Crippen LogP contribution in [0.25, 0.3) is 0 Å². The molecule has 102 valence electrons. The van der Waals surface area contributed by atoms with E-state index in [-0.39, 0.29) is 11.4 Å². The first-order valence-electron chi connectivity index (χ1n) is 6.46. The molecule has 5 heteroatoms. The Morgan fingerprint density at radius 1 is 1.50 bits per heavy atom. The summed E-state index contributed by atoms with van der Waals surface area (Å²) in [4.78, 5) is 16.5. The van der Waals surface area contributed by atoms with Crippen LogP contribution in [0.15, 0.2) is 5.38 Å². The molecule has 0 aliphatic carbocycles. The van der Waals surface area contributed by atoms with E-state index in [1.165, 1.54) is 11.3 Å². The molecule has 0 aliphatic heterocycles. The van der Waals surface area contributed by atoms with Crippen LogP contribution in [0, 0.1) is 0 Å². The van der Waals surface area contributed by atoms with Gasteiger partial charge in [-0.15, -0.1) is 11.3 Å². The Morgan fingerprint density at radius 2 is 2.11 bits per heavy atom. The maximum Gasteiger partial charge on any atom is 0.271 e. The van der Waals surface area contributed by atoms with E-state index in [2.05, 4.69) is 24.1 Å². The summed E-state index contributed by atoms with van der Waals surface area (Å²) in [5, 5.41) is 5.84. The van der Waals surface area contributed by atoms with Gasteiger partial charge in [0.25, 0.3) is 5.91 Å². The molecule has 0 aliphatic rings. The fourth-order valence-electron chi connectivity index (χ4n) is 1.73. The molecule has 1 aromatic heterocycles. The lowest BCUT2D eigenvalue weighted by Crippen LogP contribution is -2.52. The van der Waals surface area contributed by atoms with Crippen LogP contribution in [0.5, 0.6) is 0 Å². The zero-order chi connectivity index (χ0) is 13.8. The average molecular weight is 269 g/mol. The second-order valence-corrected chi connectivity index (χ2v) is 5.76. The molecule has 0 atom stereocenters. The molecule has 3 N–H and O–H groups in total. The van der Waals surface area contributed by atoms with Crippen LogP contribution in [-0.4, -0.2) is 23.0 Å². The van der Waals surface area contributed by atoms with E-state index in [1.807, 2.05) is 19.2 Å².